The summed E-state index contributed by atoms with van der Waals surface area (Å²) >= 11 is 0. The van der Waals surface area contributed by atoms with Crippen LogP contribution in [0.15, 0.2) is 4.52 Å². The van der Waals surface area contributed by atoms with Crippen molar-refractivity contribution in [2.24, 2.45) is 0 Å². The number of nitrogens with zero attached hydrogens (tertiary/aromatic N) is 3. The van der Waals surface area contributed by atoms with Gasteiger partial charge in [0.2, 0.25) is 5.89 Å². The highest BCUT2D eigenvalue weighted by atomic mass is 16.5. The highest BCUT2D eigenvalue weighted by Gasteiger charge is 2.30. The molecule has 1 atom stereocenters. The standard InChI is InChI=1S/C13H22N4O3/c1-4-17(13(18)14-7-9(2)19-3)8-11-15-12(20-16-11)10-5-6-10/h9-10H,4-8H2,1-3H3,(H,14,18). The molecule has 0 aliphatic heterocycles. The number of nitrogens with one attached hydrogen (secondary N) is 1. The molecular weight excluding hydrogens is 260 g/mol. The van der Waals surface area contributed by atoms with Gasteiger partial charge in [-0.1, -0.05) is 5.16 Å². The molecule has 2 rings (SSSR count). The molecule has 1 saturated carbocycles. The van der Waals surface area contributed by atoms with Gasteiger partial charge < -0.3 is 19.5 Å². The molecule has 0 spiro atoms. The third kappa shape index (κ3) is 3.93. The first-order valence-electron chi connectivity index (χ1n) is 7.02. The second-order valence-electron chi connectivity index (χ2n) is 5.07. The Balaban J connectivity index is 1.85. The topological polar surface area (TPSA) is 80.5 Å². The van der Waals surface area contributed by atoms with Crippen LogP contribution in [0.4, 0.5) is 4.79 Å². The third-order valence-electron chi connectivity index (χ3n) is 3.35. The van der Waals surface area contributed by atoms with Crippen molar-refractivity contribution in [3.05, 3.63) is 11.7 Å². The van der Waals surface area contributed by atoms with Crippen molar-refractivity contribution < 1.29 is 14.1 Å². The number of rotatable bonds is 7. The second-order valence-corrected chi connectivity index (χ2v) is 5.07. The normalized spacial score (nSPS) is 15.9. The molecule has 0 saturated heterocycles. The van der Waals surface area contributed by atoms with Gasteiger partial charge in [-0.3, -0.25) is 0 Å². The van der Waals surface area contributed by atoms with Crippen LogP contribution in [-0.2, 0) is 11.3 Å². The highest BCUT2D eigenvalue weighted by molar-refractivity contribution is 5.74. The molecule has 7 nitrogen and oxygen atoms in total. The van der Waals surface area contributed by atoms with Gasteiger partial charge in [-0.2, -0.15) is 4.98 Å². The number of hydrogen-bond acceptors (Lipinski definition) is 5. The fraction of sp³-hybridized carbons (Fsp3) is 0.769. The number of methoxy groups -OCH3 is 1. The Morgan fingerprint density at radius 3 is 2.95 bits per heavy atom. The third-order valence-corrected chi connectivity index (χ3v) is 3.35. The Morgan fingerprint density at radius 1 is 1.60 bits per heavy atom. The van der Waals surface area contributed by atoms with Crippen molar-refractivity contribution in [2.75, 3.05) is 20.2 Å². The van der Waals surface area contributed by atoms with Gasteiger partial charge in [0.15, 0.2) is 5.82 Å². The molecule has 1 unspecified atom stereocenters. The lowest BCUT2D eigenvalue weighted by molar-refractivity contribution is 0.115. The van der Waals surface area contributed by atoms with E-state index >= 15 is 0 Å². The molecule has 2 amide bonds. The Kier molecular flexibility index (Phi) is 4.94. The minimum Gasteiger partial charge on any atom is -0.380 e. The average Bonchev–Trinajstić information content (AvgIpc) is 3.21. The molecule has 1 aliphatic rings. The summed E-state index contributed by atoms with van der Waals surface area (Å²) < 4.78 is 10.3. The molecule has 1 N–H and O–H groups in total. The molecule has 1 aromatic heterocycles. The first-order chi connectivity index (χ1) is 9.63. The van der Waals surface area contributed by atoms with Crippen LogP contribution in [0, 0.1) is 0 Å². The molecule has 1 aliphatic carbocycles. The van der Waals surface area contributed by atoms with E-state index in [-0.39, 0.29) is 12.1 Å². The number of carbonyl (C=O) groups excluding carboxylic acids is 1. The lowest BCUT2D eigenvalue weighted by atomic mass is 10.4. The fourth-order valence-corrected chi connectivity index (χ4v) is 1.75. The van der Waals surface area contributed by atoms with Crippen molar-refractivity contribution in [3.63, 3.8) is 0 Å². The molecular formula is C13H22N4O3. The SMILES string of the molecule is CCN(Cc1noc(C2CC2)n1)C(=O)NCC(C)OC. The van der Waals surface area contributed by atoms with Gasteiger partial charge in [-0.25, -0.2) is 4.79 Å². The van der Waals surface area contributed by atoms with E-state index in [1.54, 1.807) is 12.0 Å². The summed E-state index contributed by atoms with van der Waals surface area (Å²) in [5, 5.41) is 6.75. The summed E-state index contributed by atoms with van der Waals surface area (Å²) in [6, 6.07) is -0.144. The number of aromatic nitrogens is 2. The minimum atomic E-state index is -0.144. The minimum absolute atomic E-state index is 0.00991. The predicted molar refractivity (Wildman–Crippen MR) is 72.2 cm³/mol. The van der Waals surface area contributed by atoms with Crippen LogP contribution in [0.2, 0.25) is 0 Å². The zero-order valence-corrected chi connectivity index (χ0v) is 12.3. The quantitative estimate of drug-likeness (QED) is 0.820. The molecule has 20 heavy (non-hydrogen) atoms. The summed E-state index contributed by atoms with van der Waals surface area (Å²) in [7, 11) is 1.62. The monoisotopic (exact) mass is 282 g/mol. The van der Waals surface area contributed by atoms with Gasteiger partial charge in [-0.05, 0) is 26.7 Å². The summed E-state index contributed by atoms with van der Waals surface area (Å²) in [5.41, 5.74) is 0. The summed E-state index contributed by atoms with van der Waals surface area (Å²) in [6.45, 7) is 5.24. The van der Waals surface area contributed by atoms with Gasteiger partial charge >= 0.3 is 6.03 Å². The molecule has 1 aromatic rings. The first-order valence-corrected chi connectivity index (χ1v) is 7.02. The molecule has 7 heteroatoms. The molecule has 112 valence electrons. The smallest absolute Gasteiger partial charge is 0.317 e. The van der Waals surface area contributed by atoms with Crippen LogP contribution in [0.5, 0.6) is 0 Å². The summed E-state index contributed by atoms with van der Waals surface area (Å²) in [5.74, 6) is 1.69. The fourth-order valence-electron chi connectivity index (χ4n) is 1.75. The van der Waals surface area contributed by atoms with E-state index in [0.29, 0.717) is 37.3 Å². The van der Waals surface area contributed by atoms with Crippen LogP contribution >= 0.6 is 0 Å². The van der Waals surface area contributed by atoms with E-state index in [2.05, 4.69) is 15.5 Å². The van der Waals surface area contributed by atoms with Crippen LogP contribution < -0.4 is 5.32 Å². The lowest BCUT2D eigenvalue weighted by Gasteiger charge is -2.20. The van der Waals surface area contributed by atoms with Crippen molar-refractivity contribution in [1.29, 1.82) is 0 Å². The Labute approximate surface area is 118 Å². The van der Waals surface area contributed by atoms with Gasteiger partial charge in [0.25, 0.3) is 0 Å². The van der Waals surface area contributed by atoms with Crippen LogP contribution in [0.1, 0.15) is 44.3 Å². The maximum absolute atomic E-state index is 12.0. The number of carbonyl (C=O) groups is 1. The average molecular weight is 282 g/mol. The Hall–Kier alpha value is -1.63. The van der Waals surface area contributed by atoms with Crippen molar-refractivity contribution in [3.8, 4) is 0 Å². The van der Waals surface area contributed by atoms with Crippen LogP contribution in [0.3, 0.4) is 0 Å². The second kappa shape index (κ2) is 6.69. The van der Waals surface area contributed by atoms with E-state index in [1.807, 2.05) is 13.8 Å². The van der Waals surface area contributed by atoms with Gasteiger partial charge in [0, 0.05) is 26.1 Å². The molecule has 1 heterocycles. The molecule has 0 aromatic carbocycles. The maximum Gasteiger partial charge on any atom is 0.317 e. The van der Waals surface area contributed by atoms with Gasteiger partial charge in [-0.15, -0.1) is 0 Å². The number of hydrogen-bond donors (Lipinski definition) is 1. The first kappa shape index (κ1) is 14.8. The van der Waals surface area contributed by atoms with E-state index in [9.17, 15) is 4.79 Å². The van der Waals surface area contributed by atoms with Crippen molar-refractivity contribution in [2.45, 2.75) is 45.3 Å². The highest BCUT2D eigenvalue weighted by Crippen LogP contribution is 2.38. The predicted octanol–water partition coefficient (Wildman–Crippen LogP) is 1.51. The van der Waals surface area contributed by atoms with Crippen molar-refractivity contribution in [1.82, 2.24) is 20.4 Å². The zero-order chi connectivity index (χ0) is 14.5. The van der Waals surface area contributed by atoms with Gasteiger partial charge in [0.05, 0.1) is 12.6 Å². The van der Waals surface area contributed by atoms with E-state index in [4.69, 9.17) is 9.26 Å². The van der Waals surface area contributed by atoms with Crippen LogP contribution in [-0.4, -0.2) is 47.4 Å². The Morgan fingerprint density at radius 2 is 2.35 bits per heavy atom. The largest absolute Gasteiger partial charge is 0.380 e. The summed E-state index contributed by atoms with van der Waals surface area (Å²) in [6.07, 6.45) is 2.23. The molecule has 0 bridgehead atoms. The zero-order valence-electron chi connectivity index (χ0n) is 12.3. The summed E-state index contributed by atoms with van der Waals surface area (Å²) in [4.78, 5) is 18.0. The Bertz CT molecular complexity index is 445. The van der Waals surface area contributed by atoms with E-state index < -0.39 is 0 Å². The number of ether oxygens (including phenoxy) is 1. The molecule has 1 fully saturated rings. The van der Waals surface area contributed by atoms with Crippen molar-refractivity contribution >= 4 is 6.03 Å². The van der Waals surface area contributed by atoms with Crippen LogP contribution in [0.25, 0.3) is 0 Å². The lowest BCUT2D eigenvalue weighted by Crippen LogP contribution is -2.42. The van der Waals surface area contributed by atoms with Gasteiger partial charge in [0.1, 0.15) is 0 Å². The maximum atomic E-state index is 12.0. The number of urea groups is 1. The molecule has 0 radical (unpaired) electrons. The van der Waals surface area contributed by atoms with E-state index in [0.717, 1.165) is 12.8 Å². The number of amides is 2. The van der Waals surface area contributed by atoms with E-state index in [1.165, 1.54) is 0 Å².